The summed E-state index contributed by atoms with van der Waals surface area (Å²) >= 11 is 3.19. The summed E-state index contributed by atoms with van der Waals surface area (Å²) in [6.45, 7) is 12.6. The summed E-state index contributed by atoms with van der Waals surface area (Å²) in [5.41, 5.74) is 1.54. The van der Waals surface area contributed by atoms with Crippen molar-refractivity contribution in [1.82, 2.24) is 5.32 Å². The van der Waals surface area contributed by atoms with Gasteiger partial charge in [-0.15, -0.1) is 23.1 Å². The third-order valence-electron chi connectivity index (χ3n) is 4.98. The number of thioether (sulfide) groups is 1. The van der Waals surface area contributed by atoms with Crippen molar-refractivity contribution in [3.05, 3.63) is 45.8 Å². The van der Waals surface area contributed by atoms with Crippen molar-refractivity contribution in [3.8, 4) is 0 Å². The Morgan fingerprint density at radius 3 is 2.43 bits per heavy atom. The summed E-state index contributed by atoms with van der Waals surface area (Å²) in [4.78, 5) is 28.0. The normalized spacial score (nSPS) is 16.6. The molecule has 2 N–H and O–H groups in total. The standard InChI is InChI=1S/C23H30N2O3S2/c1-7-28-21(27)17-16-13-22(3,4)25-23(5,6)18(16)30-20(17)24-19(26)14-9-11-15(12-10-14)29-8-2/h9-12,25H,7-8,13H2,1-6H3,(H,24,26). The number of amides is 1. The van der Waals surface area contributed by atoms with Crippen LogP contribution in [0.25, 0.3) is 0 Å². The van der Waals surface area contributed by atoms with E-state index in [1.807, 2.05) is 24.3 Å². The molecule has 2 aromatic rings. The van der Waals surface area contributed by atoms with Gasteiger partial charge < -0.3 is 15.4 Å². The van der Waals surface area contributed by atoms with Gasteiger partial charge in [-0.2, -0.15) is 0 Å². The quantitative estimate of drug-likeness (QED) is 0.456. The zero-order valence-electron chi connectivity index (χ0n) is 18.5. The van der Waals surface area contributed by atoms with Gasteiger partial charge in [-0.25, -0.2) is 4.79 Å². The van der Waals surface area contributed by atoms with Crippen molar-refractivity contribution >= 4 is 40.0 Å². The topological polar surface area (TPSA) is 67.4 Å². The van der Waals surface area contributed by atoms with Crippen LogP contribution in [0.15, 0.2) is 29.2 Å². The fourth-order valence-corrected chi connectivity index (χ4v) is 6.00. The van der Waals surface area contributed by atoms with Crippen LogP contribution in [0, 0.1) is 0 Å². The van der Waals surface area contributed by atoms with Crippen LogP contribution in [-0.4, -0.2) is 29.8 Å². The van der Waals surface area contributed by atoms with Crippen molar-refractivity contribution in [2.45, 2.75) is 63.9 Å². The Morgan fingerprint density at radius 2 is 1.83 bits per heavy atom. The van der Waals surface area contributed by atoms with E-state index in [1.54, 1.807) is 18.7 Å². The summed E-state index contributed by atoms with van der Waals surface area (Å²) in [5, 5.41) is 7.19. The number of hydrogen-bond donors (Lipinski definition) is 2. The molecule has 1 aromatic heterocycles. The molecule has 1 amide bonds. The number of ether oxygens (including phenoxy) is 1. The van der Waals surface area contributed by atoms with Crippen LogP contribution in [0.2, 0.25) is 0 Å². The molecule has 0 spiro atoms. The monoisotopic (exact) mass is 446 g/mol. The second-order valence-electron chi connectivity index (χ2n) is 8.56. The van der Waals surface area contributed by atoms with Gasteiger partial charge in [0.1, 0.15) is 5.00 Å². The zero-order valence-corrected chi connectivity index (χ0v) is 20.1. The molecular weight excluding hydrogens is 416 g/mol. The number of hydrogen-bond acceptors (Lipinski definition) is 6. The Labute approximate surface area is 187 Å². The maximum Gasteiger partial charge on any atom is 0.341 e. The van der Waals surface area contributed by atoms with Gasteiger partial charge >= 0.3 is 5.97 Å². The number of anilines is 1. The van der Waals surface area contributed by atoms with Gasteiger partial charge in [0.05, 0.1) is 12.2 Å². The summed E-state index contributed by atoms with van der Waals surface area (Å²) < 4.78 is 5.35. The number of esters is 1. The third kappa shape index (κ3) is 4.74. The first-order valence-electron chi connectivity index (χ1n) is 10.2. The molecule has 0 bridgehead atoms. The van der Waals surface area contributed by atoms with E-state index in [0.717, 1.165) is 21.1 Å². The van der Waals surface area contributed by atoms with E-state index in [0.29, 0.717) is 29.2 Å². The lowest BCUT2D eigenvalue weighted by molar-refractivity contribution is 0.0526. The van der Waals surface area contributed by atoms with Crippen LogP contribution in [0.4, 0.5) is 5.00 Å². The highest BCUT2D eigenvalue weighted by Crippen LogP contribution is 2.45. The van der Waals surface area contributed by atoms with Gasteiger partial charge in [0.15, 0.2) is 0 Å². The molecule has 30 heavy (non-hydrogen) atoms. The van der Waals surface area contributed by atoms with Crippen molar-refractivity contribution in [1.29, 1.82) is 0 Å². The molecule has 0 aliphatic carbocycles. The molecule has 1 aliphatic rings. The van der Waals surface area contributed by atoms with E-state index in [9.17, 15) is 9.59 Å². The van der Waals surface area contributed by atoms with E-state index in [-0.39, 0.29) is 23.0 Å². The minimum Gasteiger partial charge on any atom is -0.462 e. The van der Waals surface area contributed by atoms with Gasteiger partial charge in [0, 0.05) is 26.4 Å². The molecule has 7 heteroatoms. The van der Waals surface area contributed by atoms with Gasteiger partial charge in [0.2, 0.25) is 0 Å². The average Bonchev–Trinajstić information content (AvgIpc) is 2.99. The molecule has 0 atom stereocenters. The van der Waals surface area contributed by atoms with Crippen molar-refractivity contribution in [2.24, 2.45) is 0 Å². The van der Waals surface area contributed by atoms with Gasteiger partial charge in [-0.05, 0) is 76.6 Å². The van der Waals surface area contributed by atoms with Crippen LogP contribution in [0.3, 0.4) is 0 Å². The van der Waals surface area contributed by atoms with Crippen molar-refractivity contribution in [3.63, 3.8) is 0 Å². The molecule has 3 rings (SSSR count). The molecular formula is C23H30N2O3S2. The Bertz CT molecular complexity index is 946. The van der Waals surface area contributed by atoms with Gasteiger partial charge in [-0.3, -0.25) is 4.79 Å². The number of rotatable bonds is 6. The Hall–Kier alpha value is -1.83. The van der Waals surface area contributed by atoms with Crippen LogP contribution in [0.5, 0.6) is 0 Å². The molecule has 5 nitrogen and oxygen atoms in total. The highest BCUT2D eigenvalue weighted by atomic mass is 32.2. The molecule has 162 valence electrons. The summed E-state index contributed by atoms with van der Waals surface area (Å²) in [6, 6.07) is 7.54. The average molecular weight is 447 g/mol. The SMILES string of the molecule is CCOC(=O)c1c(NC(=O)c2ccc(SCC)cc2)sc2c1CC(C)(C)NC2(C)C. The first-order chi connectivity index (χ1) is 14.1. The lowest BCUT2D eigenvalue weighted by Crippen LogP contribution is -2.55. The Balaban J connectivity index is 1.99. The zero-order chi connectivity index (χ0) is 22.1. The first-order valence-corrected chi connectivity index (χ1v) is 12.0. The highest BCUT2D eigenvalue weighted by molar-refractivity contribution is 7.99. The third-order valence-corrected chi connectivity index (χ3v) is 7.34. The van der Waals surface area contributed by atoms with E-state index < -0.39 is 0 Å². The second kappa shape index (κ2) is 8.73. The van der Waals surface area contributed by atoms with Crippen LogP contribution >= 0.6 is 23.1 Å². The number of carbonyl (C=O) groups excluding carboxylic acids is 2. The number of benzene rings is 1. The highest BCUT2D eigenvalue weighted by Gasteiger charge is 2.42. The van der Waals surface area contributed by atoms with Crippen LogP contribution < -0.4 is 10.6 Å². The molecule has 0 radical (unpaired) electrons. The largest absolute Gasteiger partial charge is 0.462 e. The predicted octanol–water partition coefficient (Wildman–Crippen LogP) is 5.45. The fraction of sp³-hybridized carbons (Fsp3) is 0.478. The number of thiophene rings is 1. The van der Waals surface area contributed by atoms with E-state index in [1.165, 1.54) is 11.3 Å². The maximum absolute atomic E-state index is 12.9. The minimum atomic E-state index is -0.381. The van der Waals surface area contributed by atoms with Gasteiger partial charge in [0.25, 0.3) is 5.91 Å². The summed E-state index contributed by atoms with van der Waals surface area (Å²) in [6.07, 6.45) is 0.690. The Morgan fingerprint density at radius 1 is 1.17 bits per heavy atom. The van der Waals surface area contributed by atoms with E-state index in [4.69, 9.17) is 4.74 Å². The Kier molecular flexibility index (Phi) is 6.65. The number of fused-ring (bicyclic) bond motifs is 1. The second-order valence-corrected chi connectivity index (χ2v) is 10.9. The van der Waals surface area contributed by atoms with Crippen LogP contribution in [-0.2, 0) is 16.7 Å². The minimum absolute atomic E-state index is 0.174. The van der Waals surface area contributed by atoms with Crippen molar-refractivity contribution in [2.75, 3.05) is 17.7 Å². The molecule has 1 aliphatic heterocycles. The number of carbonyl (C=O) groups is 2. The molecule has 0 fully saturated rings. The molecule has 0 saturated heterocycles. The molecule has 2 heterocycles. The molecule has 0 unspecified atom stereocenters. The van der Waals surface area contributed by atoms with Crippen LogP contribution in [0.1, 0.15) is 72.7 Å². The molecule has 1 aromatic carbocycles. The lowest BCUT2D eigenvalue weighted by atomic mass is 9.81. The van der Waals surface area contributed by atoms with Crippen molar-refractivity contribution < 1.29 is 14.3 Å². The summed E-state index contributed by atoms with van der Waals surface area (Å²) in [7, 11) is 0. The number of nitrogens with one attached hydrogen (secondary N) is 2. The predicted molar refractivity (Wildman–Crippen MR) is 125 cm³/mol. The van der Waals surface area contributed by atoms with E-state index in [2.05, 4.69) is 45.3 Å². The smallest absolute Gasteiger partial charge is 0.341 e. The molecule has 0 saturated carbocycles. The maximum atomic E-state index is 12.9. The summed E-state index contributed by atoms with van der Waals surface area (Å²) in [5.74, 6) is 0.376. The first kappa shape index (κ1) is 22.8. The van der Waals surface area contributed by atoms with Gasteiger partial charge in [-0.1, -0.05) is 6.92 Å². The lowest BCUT2D eigenvalue weighted by Gasteiger charge is -2.42. The fourth-order valence-electron chi connectivity index (χ4n) is 4.08. The van der Waals surface area contributed by atoms with E-state index >= 15 is 0 Å².